The van der Waals surface area contributed by atoms with Crippen LogP contribution in [0, 0.1) is 0 Å². The average Bonchev–Trinajstić information content (AvgIpc) is 3.08. The third-order valence-corrected chi connectivity index (χ3v) is 3.56. The van der Waals surface area contributed by atoms with E-state index in [0.29, 0.717) is 6.42 Å². The Balaban J connectivity index is 1.41. The van der Waals surface area contributed by atoms with E-state index in [1.807, 2.05) is 12.4 Å². The fourth-order valence-corrected chi connectivity index (χ4v) is 2.53. The lowest BCUT2D eigenvalue weighted by Crippen LogP contribution is -2.40. The van der Waals surface area contributed by atoms with Crippen molar-refractivity contribution in [3.63, 3.8) is 0 Å². The minimum Gasteiger partial charge on any atom is -0.352 e. The van der Waals surface area contributed by atoms with Crippen LogP contribution >= 0.6 is 0 Å². The first kappa shape index (κ1) is 12.8. The SMILES string of the molecule is O=C(CCCn1cncn1)N[C@@H]1CCc2nccn2C1. The van der Waals surface area contributed by atoms with Gasteiger partial charge in [-0.3, -0.25) is 9.48 Å². The van der Waals surface area contributed by atoms with Crippen molar-refractivity contribution < 1.29 is 4.79 Å². The van der Waals surface area contributed by atoms with Gasteiger partial charge in [-0.05, 0) is 12.8 Å². The molecule has 0 saturated heterocycles. The Morgan fingerprint density at radius 2 is 2.45 bits per heavy atom. The number of rotatable bonds is 5. The van der Waals surface area contributed by atoms with E-state index in [1.54, 1.807) is 11.0 Å². The van der Waals surface area contributed by atoms with E-state index in [4.69, 9.17) is 0 Å². The van der Waals surface area contributed by atoms with Crippen molar-refractivity contribution in [1.82, 2.24) is 29.6 Å². The lowest BCUT2D eigenvalue weighted by Gasteiger charge is -2.24. The summed E-state index contributed by atoms with van der Waals surface area (Å²) in [5.74, 6) is 1.22. The summed E-state index contributed by atoms with van der Waals surface area (Å²) in [7, 11) is 0. The van der Waals surface area contributed by atoms with Gasteiger partial charge in [-0.25, -0.2) is 9.97 Å². The number of fused-ring (bicyclic) bond motifs is 1. The van der Waals surface area contributed by atoms with Crippen LogP contribution < -0.4 is 5.32 Å². The first-order chi connectivity index (χ1) is 9.81. The van der Waals surface area contributed by atoms with Crippen molar-refractivity contribution in [3.05, 3.63) is 30.9 Å². The summed E-state index contributed by atoms with van der Waals surface area (Å²) in [6.07, 6.45) is 10.1. The third kappa shape index (κ3) is 3.04. The van der Waals surface area contributed by atoms with Crippen LogP contribution in [0.25, 0.3) is 0 Å². The molecule has 106 valence electrons. The molecule has 3 heterocycles. The highest BCUT2D eigenvalue weighted by Crippen LogP contribution is 2.13. The lowest BCUT2D eigenvalue weighted by atomic mass is 10.1. The van der Waals surface area contributed by atoms with E-state index >= 15 is 0 Å². The monoisotopic (exact) mass is 274 g/mol. The van der Waals surface area contributed by atoms with Gasteiger partial charge in [-0.1, -0.05) is 0 Å². The molecule has 0 aliphatic carbocycles. The second kappa shape index (κ2) is 5.85. The van der Waals surface area contributed by atoms with Gasteiger partial charge in [-0.15, -0.1) is 0 Å². The predicted molar refractivity (Wildman–Crippen MR) is 71.7 cm³/mol. The highest BCUT2D eigenvalue weighted by molar-refractivity contribution is 5.76. The molecule has 0 fully saturated rings. The van der Waals surface area contributed by atoms with Crippen LogP contribution in [0.4, 0.5) is 0 Å². The fraction of sp³-hybridized carbons (Fsp3) is 0.538. The van der Waals surface area contributed by atoms with E-state index in [0.717, 1.165) is 38.2 Å². The van der Waals surface area contributed by atoms with Gasteiger partial charge in [0, 0.05) is 44.4 Å². The molecule has 1 atom stereocenters. The van der Waals surface area contributed by atoms with E-state index < -0.39 is 0 Å². The standard InChI is InChI=1S/C13H18N6O/c20-13(2-1-6-19-10-14-9-16-19)17-11-3-4-12-15-5-7-18(12)8-11/h5,7,9-11H,1-4,6,8H2,(H,17,20)/t11-/m1/s1. The summed E-state index contributed by atoms with van der Waals surface area (Å²) in [4.78, 5) is 20.1. The molecule has 2 aromatic heterocycles. The fourth-order valence-electron chi connectivity index (χ4n) is 2.53. The Kier molecular flexibility index (Phi) is 3.76. The average molecular weight is 274 g/mol. The van der Waals surface area contributed by atoms with Gasteiger partial charge in [-0.2, -0.15) is 5.10 Å². The maximum Gasteiger partial charge on any atom is 0.220 e. The second-order valence-corrected chi connectivity index (χ2v) is 5.06. The molecule has 3 rings (SSSR count). The second-order valence-electron chi connectivity index (χ2n) is 5.06. The Bertz CT molecular complexity index is 561. The number of carbonyl (C=O) groups excluding carboxylic acids is 1. The van der Waals surface area contributed by atoms with Crippen LogP contribution in [0.2, 0.25) is 0 Å². The smallest absolute Gasteiger partial charge is 0.220 e. The van der Waals surface area contributed by atoms with Crippen LogP contribution in [-0.4, -0.2) is 36.3 Å². The van der Waals surface area contributed by atoms with Gasteiger partial charge in [0.25, 0.3) is 0 Å². The first-order valence-corrected chi connectivity index (χ1v) is 6.93. The highest BCUT2D eigenvalue weighted by Gasteiger charge is 2.19. The molecule has 20 heavy (non-hydrogen) atoms. The van der Waals surface area contributed by atoms with Gasteiger partial charge in [0.2, 0.25) is 5.91 Å². The summed E-state index contributed by atoms with van der Waals surface area (Å²) in [5, 5.41) is 7.11. The minimum atomic E-state index is 0.110. The van der Waals surface area contributed by atoms with E-state index in [2.05, 4.69) is 25.0 Å². The van der Waals surface area contributed by atoms with Gasteiger partial charge >= 0.3 is 0 Å². The van der Waals surface area contributed by atoms with Crippen molar-refractivity contribution in [2.75, 3.05) is 0 Å². The summed E-state index contributed by atoms with van der Waals surface area (Å²) in [5.41, 5.74) is 0. The molecule has 0 bridgehead atoms. The molecule has 1 aliphatic heterocycles. The predicted octanol–water partition coefficient (Wildman–Crippen LogP) is 0.386. The van der Waals surface area contributed by atoms with Crippen molar-refractivity contribution in [1.29, 1.82) is 0 Å². The Morgan fingerprint density at radius 3 is 3.30 bits per heavy atom. The molecule has 0 unspecified atom stereocenters. The number of aromatic nitrogens is 5. The summed E-state index contributed by atoms with van der Waals surface area (Å²) < 4.78 is 3.86. The molecule has 0 radical (unpaired) electrons. The van der Waals surface area contributed by atoms with Crippen molar-refractivity contribution in [2.45, 2.75) is 44.8 Å². The number of hydrogen-bond acceptors (Lipinski definition) is 4. The van der Waals surface area contributed by atoms with Gasteiger partial charge in [0.1, 0.15) is 18.5 Å². The molecule has 0 spiro atoms. The van der Waals surface area contributed by atoms with Crippen LogP contribution in [0.3, 0.4) is 0 Å². The molecule has 0 aromatic carbocycles. The van der Waals surface area contributed by atoms with E-state index in [9.17, 15) is 4.79 Å². The first-order valence-electron chi connectivity index (χ1n) is 6.93. The summed E-state index contributed by atoms with van der Waals surface area (Å²) >= 11 is 0. The Labute approximate surface area is 117 Å². The zero-order valence-corrected chi connectivity index (χ0v) is 11.3. The highest BCUT2D eigenvalue weighted by atomic mass is 16.1. The summed E-state index contributed by atoms with van der Waals surface area (Å²) in [6, 6.07) is 0.218. The number of nitrogens with one attached hydrogen (secondary N) is 1. The number of hydrogen-bond donors (Lipinski definition) is 1. The number of carbonyl (C=O) groups is 1. The maximum absolute atomic E-state index is 11.9. The molecule has 1 aliphatic rings. The van der Waals surface area contributed by atoms with Crippen molar-refractivity contribution >= 4 is 5.91 Å². The van der Waals surface area contributed by atoms with E-state index in [-0.39, 0.29) is 11.9 Å². The number of imidazole rings is 1. The molecule has 2 aromatic rings. The molecule has 0 saturated carbocycles. The zero-order valence-electron chi connectivity index (χ0n) is 11.3. The number of nitrogens with zero attached hydrogens (tertiary/aromatic N) is 5. The van der Waals surface area contributed by atoms with Crippen LogP contribution in [0.5, 0.6) is 0 Å². The van der Waals surface area contributed by atoms with Crippen molar-refractivity contribution in [3.8, 4) is 0 Å². The minimum absolute atomic E-state index is 0.110. The third-order valence-electron chi connectivity index (χ3n) is 3.56. The maximum atomic E-state index is 11.9. The Hall–Kier alpha value is -2.18. The topological polar surface area (TPSA) is 77.6 Å². The number of aryl methyl sites for hydroxylation is 2. The summed E-state index contributed by atoms with van der Waals surface area (Å²) in [6.45, 7) is 1.55. The van der Waals surface area contributed by atoms with Crippen molar-refractivity contribution in [2.24, 2.45) is 0 Å². The largest absolute Gasteiger partial charge is 0.352 e. The van der Waals surface area contributed by atoms with E-state index in [1.165, 1.54) is 6.33 Å². The quantitative estimate of drug-likeness (QED) is 0.855. The molecular weight excluding hydrogens is 256 g/mol. The molecule has 1 amide bonds. The van der Waals surface area contributed by atoms with Gasteiger partial charge < -0.3 is 9.88 Å². The van der Waals surface area contributed by atoms with Crippen LogP contribution in [0.1, 0.15) is 25.1 Å². The molecular formula is C13H18N6O. The molecule has 1 N–H and O–H groups in total. The van der Waals surface area contributed by atoms with Crippen LogP contribution in [0.15, 0.2) is 25.0 Å². The Morgan fingerprint density at radius 1 is 1.50 bits per heavy atom. The normalized spacial score (nSPS) is 17.7. The van der Waals surface area contributed by atoms with Crippen LogP contribution in [-0.2, 0) is 24.3 Å². The van der Waals surface area contributed by atoms with Gasteiger partial charge in [0.15, 0.2) is 0 Å². The molecule has 7 nitrogen and oxygen atoms in total. The molecule has 7 heteroatoms. The number of amides is 1. The lowest BCUT2D eigenvalue weighted by molar-refractivity contribution is -0.122. The zero-order chi connectivity index (χ0) is 13.8. The van der Waals surface area contributed by atoms with Gasteiger partial charge in [0.05, 0.1) is 0 Å².